The Labute approximate surface area is 104 Å². The van der Waals surface area contributed by atoms with Crippen molar-refractivity contribution in [1.82, 2.24) is 0 Å². The molecule has 18 heavy (non-hydrogen) atoms. The van der Waals surface area contributed by atoms with Crippen molar-refractivity contribution in [1.29, 1.82) is 0 Å². The van der Waals surface area contributed by atoms with E-state index in [1.54, 1.807) is 30.3 Å². The van der Waals surface area contributed by atoms with Crippen LogP contribution in [0.1, 0.15) is 10.4 Å². The lowest BCUT2D eigenvalue weighted by molar-refractivity contribution is 0.0600. The molecule has 92 valence electrons. The summed E-state index contributed by atoms with van der Waals surface area (Å²) >= 11 is 0. The predicted molar refractivity (Wildman–Crippen MR) is 67.6 cm³/mol. The number of benzene rings is 2. The fraction of sp³-hybridized carbons (Fsp3) is 0.0714. The molecule has 0 atom stereocenters. The zero-order chi connectivity index (χ0) is 13.1. The van der Waals surface area contributed by atoms with E-state index in [0.29, 0.717) is 16.8 Å². The normalized spacial score (nSPS) is 10.1. The smallest absolute Gasteiger partial charge is 0.337 e. The maximum atomic E-state index is 13.9. The first kappa shape index (κ1) is 12.1. The molecule has 0 aliphatic heterocycles. The minimum absolute atomic E-state index is 0.189. The fourth-order valence-corrected chi connectivity index (χ4v) is 1.66. The first-order valence-corrected chi connectivity index (χ1v) is 5.35. The van der Waals surface area contributed by atoms with Crippen molar-refractivity contribution in [2.45, 2.75) is 0 Å². The van der Waals surface area contributed by atoms with Gasteiger partial charge in [0.1, 0.15) is 5.82 Å². The Hall–Kier alpha value is -2.36. The number of halogens is 1. The molecule has 2 aromatic rings. The van der Waals surface area contributed by atoms with Gasteiger partial charge in [-0.3, -0.25) is 0 Å². The van der Waals surface area contributed by atoms with Gasteiger partial charge in [-0.15, -0.1) is 0 Å². The van der Waals surface area contributed by atoms with E-state index in [2.05, 4.69) is 4.74 Å². The molecule has 2 N–H and O–H groups in total. The summed E-state index contributed by atoms with van der Waals surface area (Å²) in [5.74, 6) is -1.03. The summed E-state index contributed by atoms with van der Waals surface area (Å²) in [6.07, 6.45) is 0. The molecule has 0 aromatic heterocycles. The van der Waals surface area contributed by atoms with Crippen LogP contribution in [0.5, 0.6) is 0 Å². The molecule has 0 unspecified atom stereocenters. The summed E-state index contributed by atoms with van der Waals surface area (Å²) in [4.78, 5) is 11.3. The summed E-state index contributed by atoms with van der Waals surface area (Å²) < 4.78 is 18.4. The molecule has 4 heteroatoms. The van der Waals surface area contributed by atoms with Gasteiger partial charge in [-0.05, 0) is 29.8 Å². The SMILES string of the molecule is COC(=O)c1ccc(-c2ccc(N)cc2)c(F)c1. The molecule has 0 saturated carbocycles. The summed E-state index contributed by atoms with van der Waals surface area (Å²) in [5, 5.41) is 0. The van der Waals surface area contributed by atoms with E-state index in [-0.39, 0.29) is 5.56 Å². The van der Waals surface area contributed by atoms with Crippen LogP contribution < -0.4 is 5.73 Å². The zero-order valence-electron chi connectivity index (χ0n) is 9.81. The third-order valence-corrected chi connectivity index (χ3v) is 2.61. The lowest BCUT2D eigenvalue weighted by Crippen LogP contribution is -2.01. The van der Waals surface area contributed by atoms with Gasteiger partial charge >= 0.3 is 5.97 Å². The van der Waals surface area contributed by atoms with Gasteiger partial charge < -0.3 is 10.5 Å². The number of hydrogen-bond acceptors (Lipinski definition) is 3. The number of carbonyl (C=O) groups is 1. The number of hydrogen-bond donors (Lipinski definition) is 1. The van der Waals surface area contributed by atoms with Crippen LogP contribution in [-0.4, -0.2) is 13.1 Å². The van der Waals surface area contributed by atoms with E-state index in [9.17, 15) is 9.18 Å². The highest BCUT2D eigenvalue weighted by Crippen LogP contribution is 2.24. The molecular formula is C14H12FNO2. The maximum absolute atomic E-state index is 13.9. The second kappa shape index (κ2) is 4.87. The lowest BCUT2D eigenvalue weighted by atomic mass is 10.0. The quantitative estimate of drug-likeness (QED) is 0.653. The molecule has 0 bridgehead atoms. The monoisotopic (exact) mass is 245 g/mol. The van der Waals surface area contributed by atoms with Gasteiger partial charge in [0.05, 0.1) is 12.7 Å². The highest BCUT2D eigenvalue weighted by atomic mass is 19.1. The molecule has 0 aliphatic rings. The van der Waals surface area contributed by atoms with E-state index in [4.69, 9.17) is 5.73 Å². The van der Waals surface area contributed by atoms with Gasteiger partial charge in [-0.25, -0.2) is 9.18 Å². The summed E-state index contributed by atoms with van der Waals surface area (Å²) in [7, 11) is 1.26. The van der Waals surface area contributed by atoms with E-state index < -0.39 is 11.8 Å². The standard InChI is InChI=1S/C14H12FNO2/c1-18-14(17)10-4-7-12(13(15)8-10)9-2-5-11(16)6-3-9/h2-8H,16H2,1H3. The Balaban J connectivity index is 2.41. The predicted octanol–water partition coefficient (Wildman–Crippen LogP) is 2.86. The number of carbonyl (C=O) groups excluding carboxylic acids is 1. The van der Waals surface area contributed by atoms with Crippen molar-refractivity contribution >= 4 is 11.7 Å². The van der Waals surface area contributed by atoms with Gasteiger partial charge in [0.2, 0.25) is 0 Å². The molecule has 0 fully saturated rings. The van der Waals surface area contributed by atoms with E-state index >= 15 is 0 Å². The Morgan fingerprint density at radius 2 is 1.83 bits per heavy atom. The topological polar surface area (TPSA) is 52.3 Å². The molecule has 0 spiro atoms. The van der Waals surface area contributed by atoms with Gasteiger partial charge in [0.25, 0.3) is 0 Å². The van der Waals surface area contributed by atoms with E-state index in [0.717, 1.165) is 6.07 Å². The van der Waals surface area contributed by atoms with Crippen LogP contribution in [0.15, 0.2) is 42.5 Å². The Kier molecular flexibility index (Phi) is 3.28. The van der Waals surface area contributed by atoms with Crippen LogP contribution >= 0.6 is 0 Å². The summed E-state index contributed by atoms with van der Waals surface area (Å²) in [5.41, 5.74) is 7.50. The molecule has 2 rings (SSSR count). The van der Waals surface area contributed by atoms with Crippen LogP contribution in [0, 0.1) is 5.82 Å². The van der Waals surface area contributed by atoms with Crippen molar-refractivity contribution < 1.29 is 13.9 Å². The van der Waals surface area contributed by atoms with Gasteiger partial charge in [-0.2, -0.15) is 0 Å². The molecule has 0 heterocycles. The lowest BCUT2D eigenvalue weighted by Gasteiger charge is -2.06. The van der Waals surface area contributed by atoms with Gasteiger partial charge in [0, 0.05) is 11.3 Å². The second-order valence-corrected chi connectivity index (χ2v) is 3.81. The average molecular weight is 245 g/mol. The number of rotatable bonds is 2. The average Bonchev–Trinajstić information content (AvgIpc) is 2.39. The van der Waals surface area contributed by atoms with E-state index in [1.807, 2.05) is 0 Å². The number of esters is 1. The number of anilines is 1. The molecule has 0 amide bonds. The fourth-order valence-electron chi connectivity index (χ4n) is 1.66. The zero-order valence-corrected chi connectivity index (χ0v) is 9.81. The van der Waals surface area contributed by atoms with Crippen molar-refractivity contribution in [3.63, 3.8) is 0 Å². The van der Waals surface area contributed by atoms with Crippen molar-refractivity contribution in [2.75, 3.05) is 12.8 Å². The Morgan fingerprint density at radius 1 is 1.17 bits per heavy atom. The number of nitrogens with two attached hydrogens (primary N) is 1. The maximum Gasteiger partial charge on any atom is 0.337 e. The van der Waals surface area contributed by atoms with Crippen LogP contribution in [0.3, 0.4) is 0 Å². The van der Waals surface area contributed by atoms with Crippen LogP contribution in [-0.2, 0) is 4.74 Å². The summed E-state index contributed by atoms with van der Waals surface area (Å²) in [6, 6.07) is 11.1. The highest BCUT2D eigenvalue weighted by molar-refractivity contribution is 5.90. The van der Waals surface area contributed by atoms with Crippen LogP contribution in [0.4, 0.5) is 10.1 Å². The Bertz CT molecular complexity index is 579. The molecule has 0 saturated heterocycles. The Morgan fingerprint density at radius 3 is 2.39 bits per heavy atom. The van der Waals surface area contributed by atoms with Gasteiger partial charge in [-0.1, -0.05) is 18.2 Å². The van der Waals surface area contributed by atoms with Crippen molar-refractivity contribution in [3.05, 3.63) is 53.8 Å². The number of ether oxygens (including phenoxy) is 1. The highest BCUT2D eigenvalue weighted by Gasteiger charge is 2.10. The second-order valence-electron chi connectivity index (χ2n) is 3.81. The third kappa shape index (κ3) is 2.32. The largest absolute Gasteiger partial charge is 0.465 e. The third-order valence-electron chi connectivity index (χ3n) is 2.61. The molecule has 0 radical (unpaired) electrons. The van der Waals surface area contributed by atoms with Crippen molar-refractivity contribution in [3.8, 4) is 11.1 Å². The molecule has 2 aromatic carbocycles. The minimum atomic E-state index is -0.558. The molecular weight excluding hydrogens is 233 g/mol. The first-order valence-electron chi connectivity index (χ1n) is 5.35. The van der Waals surface area contributed by atoms with Crippen LogP contribution in [0.2, 0.25) is 0 Å². The van der Waals surface area contributed by atoms with Gasteiger partial charge in [0.15, 0.2) is 0 Å². The number of methoxy groups -OCH3 is 1. The van der Waals surface area contributed by atoms with Crippen molar-refractivity contribution in [2.24, 2.45) is 0 Å². The number of nitrogen functional groups attached to an aromatic ring is 1. The minimum Gasteiger partial charge on any atom is -0.465 e. The summed E-state index contributed by atoms with van der Waals surface area (Å²) in [6.45, 7) is 0. The van der Waals surface area contributed by atoms with E-state index in [1.165, 1.54) is 13.2 Å². The van der Waals surface area contributed by atoms with Crippen LogP contribution in [0.25, 0.3) is 11.1 Å². The molecule has 0 aliphatic carbocycles. The molecule has 3 nitrogen and oxygen atoms in total. The first-order chi connectivity index (χ1) is 8.61.